The summed E-state index contributed by atoms with van der Waals surface area (Å²) in [5.74, 6) is 0.336. The van der Waals surface area contributed by atoms with E-state index >= 15 is 0 Å². The zero-order chi connectivity index (χ0) is 13.2. The highest BCUT2D eigenvalue weighted by atomic mass is 35.5. The van der Waals surface area contributed by atoms with Crippen LogP contribution in [0.1, 0.15) is 16.7 Å². The first kappa shape index (κ1) is 13.0. The van der Waals surface area contributed by atoms with Crippen molar-refractivity contribution in [2.45, 2.75) is 18.6 Å². The predicted octanol–water partition coefficient (Wildman–Crippen LogP) is 3.69. The van der Waals surface area contributed by atoms with Gasteiger partial charge in [0.1, 0.15) is 0 Å². The minimum absolute atomic E-state index is 0.292. The fourth-order valence-corrected chi connectivity index (χ4v) is 1.73. The molecule has 96 valence electrons. The molecule has 0 N–H and O–H groups in total. The van der Waals surface area contributed by atoms with E-state index in [2.05, 4.69) is 5.10 Å². The van der Waals surface area contributed by atoms with Crippen LogP contribution in [0.4, 0.5) is 13.2 Å². The van der Waals surface area contributed by atoms with Gasteiger partial charge in [0, 0.05) is 11.8 Å². The Bertz CT molecular complexity index is 534. The van der Waals surface area contributed by atoms with Gasteiger partial charge >= 0.3 is 6.18 Å². The lowest BCUT2D eigenvalue weighted by atomic mass is 10.1. The monoisotopic (exact) mass is 274 g/mol. The van der Waals surface area contributed by atoms with Crippen molar-refractivity contribution in [1.29, 1.82) is 0 Å². The number of alkyl halides is 4. The van der Waals surface area contributed by atoms with Gasteiger partial charge in [-0.25, -0.2) is 0 Å². The molecule has 0 fully saturated rings. The van der Waals surface area contributed by atoms with Crippen LogP contribution in [0.3, 0.4) is 0 Å². The summed E-state index contributed by atoms with van der Waals surface area (Å²) < 4.78 is 39.1. The van der Waals surface area contributed by atoms with Gasteiger partial charge < -0.3 is 0 Å². The maximum Gasteiger partial charge on any atom is 0.416 e. The topological polar surface area (TPSA) is 17.8 Å². The minimum atomic E-state index is -4.32. The molecule has 1 heterocycles. The molecule has 0 spiro atoms. The Morgan fingerprint density at radius 2 is 2.00 bits per heavy atom. The van der Waals surface area contributed by atoms with Gasteiger partial charge in [0.05, 0.1) is 24.2 Å². The number of benzene rings is 1. The second kappa shape index (κ2) is 5.02. The van der Waals surface area contributed by atoms with Crippen molar-refractivity contribution in [2.75, 3.05) is 0 Å². The van der Waals surface area contributed by atoms with E-state index < -0.39 is 11.7 Å². The Hall–Kier alpha value is -1.49. The van der Waals surface area contributed by atoms with Crippen LogP contribution in [0.5, 0.6) is 0 Å². The van der Waals surface area contributed by atoms with Crippen LogP contribution in [-0.2, 0) is 18.6 Å². The fourth-order valence-electron chi connectivity index (χ4n) is 1.59. The summed E-state index contributed by atoms with van der Waals surface area (Å²) in [6.07, 6.45) is -1.00. The lowest BCUT2D eigenvalue weighted by molar-refractivity contribution is -0.137. The summed E-state index contributed by atoms with van der Waals surface area (Å²) >= 11 is 5.63. The molecule has 0 radical (unpaired) electrons. The lowest BCUT2D eigenvalue weighted by Crippen LogP contribution is -2.07. The van der Waals surface area contributed by atoms with E-state index in [9.17, 15) is 13.2 Å². The van der Waals surface area contributed by atoms with Gasteiger partial charge in [-0.15, -0.1) is 11.6 Å². The Kier molecular flexibility index (Phi) is 3.61. The van der Waals surface area contributed by atoms with Crippen molar-refractivity contribution in [1.82, 2.24) is 9.78 Å². The van der Waals surface area contributed by atoms with Crippen LogP contribution < -0.4 is 0 Å². The smallest absolute Gasteiger partial charge is 0.268 e. The second-order valence-corrected chi connectivity index (χ2v) is 4.15. The molecule has 2 nitrogen and oxygen atoms in total. The van der Waals surface area contributed by atoms with Crippen molar-refractivity contribution >= 4 is 11.6 Å². The Morgan fingerprint density at radius 1 is 1.22 bits per heavy atom. The van der Waals surface area contributed by atoms with Crippen LogP contribution in [0.25, 0.3) is 0 Å². The zero-order valence-corrected chi connectivity index (χ0v) is 10.0. The highest BCUT2D eigenvalue weighted by Gasteiger charge is 2.30. The number of nitrogens with zero attached hydrogens (tertiary/aromatic N) is 2. The predicted molar refractivity (Wildman–Crippen MR) is 62.3 cm³/mol. The Labute approximate surface area is 107 Å². The van der Waals surface area contributed by atoms with Gasteiger partial charge in [0.25, 0.3) is 0 Å². The number of hydrogen-bond donors (Lipinski definition) is 0. The van der Waals surface area contributed by atoms with Crippen molar-refractivity contribution in [3.05, 3.63) is 53.3 Å². The number of rotatable bonds is 3. The van der Waals surface area contributed by atoms with Gasteiger partial charge in [-0.2, -0.15) is 18.3 Å². The molecule has 0 unspecified atom stereocenters. The van der Waals surface area contributed by atoms with E-state index in [0.29, 0.717) is 18.0 Å². The van der Waals surface area contributed by atoms with Gasteiger partial charge in [0.2, 0.25) is 0 Å². The Balaban J connectivity index is 2.19. The molecule has 18 heavy (non-hydrogen) atoms. The first-order chi connectivity index (χ1) is 8.49. The second-order valence-electron chi connectivity index (χ2n) is 3.88. The average Bonchev–Trinajstić information content (AvgIpc) is 2.76. The number of hydrogen-bond acceptors (Lipinski definition) is 1. The maximum atomic E-state index is 12.5. The van der Waals surface area contributed by atoms with Crippen molar-refractivity contribution < 1.29 is 13.2 Å². The average molecular weight is 275 g/mol. The highest BCUT2D eigenvalue weighted by Crippen LogP contribution is 2.29. The SMILES string of the molecule is FC(F)(F)c1cccc(Cn2cc(CCl)cn2)c1. The molecule has 6 heteroatoms. The van der Waals surface area contributed by atoms with Crippen LogP contribution in [-0.4, -0.2) is 9.78 Å². The molecular formula is C12H10ClF3N2. The summed E-state index contributed by atoms with van der Waals surface area (Å²) in [7, 11) is 0. The number of halogens is 4. The minimum Gasteiger partial charge on any atom is -0.268 e. The quantitative estimate of drug-likeness (QED) is 0.781. The first-order valence-corrected chi connectivity index (χ1v) is 5.76. The molecule has 0 aliphatic rings. The maximum absolute atomic E-state index is 12.5. The van der Waals surface area contributed by atoms with Gasteiger partial charge in [-0.3, -0.25) is 4.68 Å². The van der Waals surface area contributed by atoms with Gasteiger partial charge in [-0.05, 0) is 17.7 Å². The molecule has 0 saturated heterocycles. The molecule has 0 bridgehead atoms. The highest BCUT2D eigenvalue weighted by molar-refractivity contribution is 6.17. The molecule has 1 aromatic heterocycles. The largest absolute Gasteiger partial charge is 0.416 e. The fraction of sp³-hybridized carbons (Fsp3) is 0.250. The van der Waals surface area contributed by atoms with Crippen molar-refractivity contribution in [2.24, 2.45) is 0 Å². The van der Waals surface area contributed by atoms with E-state index in [-0.39, 0.29) is 0 Å². The molecule has 1 aromatic carbocycles. The van der Waals surface area contributed by atoms with E-state index in [1.54, 1.807) is 23.1 Å². The third kappa shape index (κ3) is 3.04. The molecule has 0 atom stereocenters. The van der Waals surface area contributed by atoms with Crippen molar-refractivity contribution in [3.8, 4) is 0 Å². The van der Waals surface area contributed by atoms with Crippen LogP contribution in [0.2, 0.25) is 0 Å². The van der Waals surface area contributed by atoms with E-state index in [0.717, 1.165) is 17.7 Å². The molecule has 0 aliphatic carbocycles. The Morgan fingerprint density at radius 3 is 2.61 bits per heavy atom. The molecular weight excluding hydrogens is 265 g/mol. The molecule has 0 saturated carbocycles. The zero-order valence-electron chi connectivity index (χ0n) is 9.28. The number of aromatic nitrogens is 2. The summed E-state index contributed by atoms with van der Waals surface area (Å²) in [6, 6.07) is 5.21. The summed E-state index contributed by atoms with van der Waals surface area (Å²) in [4.78, 5) is 0. The van der Waals surface area contributed by atoms with Gasteiger partial charge in [-0.1, -0.05) is 12.1 Å². The standard InChI is InChI=1S/C12H10ClF3N2/c13-5-10-6-17-18(8-10)7-9-2-1-3-11(4-9)12(14,15)16/h1-4,6,8H,5,7H2. The summed E-state index contributed by atoms with van der Waals surface area (Å²) in [5.41, 5.74) is 0.738. The lowest BCUT2D eigenvalue weighted by Gasteiger charge is -2.08. The molecule has 0 amide bonds. The van der Waals surface area contributed by atoms with E-state index in [4.69, 9.17) is 11.6 Å². The third-order valence-electron chi connectivity index (χ3n) is 2.44. The molecule has 0 aliphatic heterocycles. The summed E-state index contributed by atoms with van der Waals surface area (Å²) in [5, 5.41) is 4.03. The van der Waals surface area contributed by atoms with E-state index in [1.807, 2.05) is 0 Å². The summed E-state index contributed by atoms with van der Waals surface area (Å²) in [6.45, 7) is 0.292. The van der Waals surface area contributed by atoms with Crippen molar-refractivity contribution in [3.63, 3.8) is 0 Å². The van der Waals surface area contributed by atoms with Crippen LogP contribution in [0, 0.1) is 0 Å². The first-order valence-electron chi connectivity index (χ1n) is 5.22. The van der Waals surface area contributed by atoms with Crippen LogP contribution >= 0.6 is 11.6 Å². The van der Waals surface area contributed by atoms with Gasteiger partial charge in [0.15, 0.2) is 0 Å². The molecule has 2 aromatic rings. The van der Waals surface area contributed by atoms with Crippen LogP contribution in [0.15, 0.2) is 36.7 Å². The normalized spacial score (nSPS) is 11.8. The molecule has 2 rings (SSSR count). The third-order valence-corrected chi connectivity index (χ3v) is 2.75. The van der Waals surface area contributed by atoms with E-state index in [1.165, 1.54) is 6.07 Å².